The molecule has 158 valence electrons. The van der Waals surface area contributed by atoms with E-state index in [4.69, 9.17) is 14.2 Å². The van der Waals surface area contributed by atoms with E-state index in [0.717, 1.165) is 16.9 Å². The Morgan fingerprint density at radius 1 is 1.26 bits per heavy atom. The van der Waals surface area contributed by atoms with Crippen molar-refractivity contribution in [2.45, 2.75) is 6.54 Å². The number of esters is 1. The molecule has 11 heteroatoms. The molecule has 0 unspecified atom stereocenters. The Morgan fingerprint density at radius 3 is 2.84 bits per heavy atom. The van der Waals surface area contributed by atoms with Crippen molar-refractivity contribution in [3.8, 4) is 11.5 Å². The van der Waals surface area contributed by atoms with Gasteiger partial charge in [-0.25, -0.2) is 0 Å². The normalized spacial score (nSPS) is 13.1. The van der Waals surface area contributed by atoms with Crippen molar-refractivity contribution in [3.05, 3.63) is 63.0 Å². The molecule has 2 heterocycles. The van der Waals surface area contributed by atoms with Gasteiger partial charge in [-0.3, -0.25) is 19.7 Å². The molecule has 0 radical (unpaired) electrons. The van der Waals surface area contributed by atoms with Crippen molar-refractivity contribution in [1.29, 1.82) is 0 Å². The summed E-state index contributed by atoms with van der Waals surface area (Å²) in [6, 6.07) is 9.47. The third-order valence-electron chi connectivity index (χ3n) is 4.41. The zero-order chi connectivity index (χ0) is 22.0. The summed E-state index contributed by atoms with van der Waals surface area (Å²) in [5.41, 5.74) is 1.16. The first-order chi connectivity index (χ1) is 14.9. The first-order valence-electron chi connectivity index (χ1n) is 8.95. The summed E-state index contributed by atoms with van der Waals surface area (Å²) in [7, 11) is 1.25. The average Bonchev–Trinajstić information content (AvgIpc) is 3.35. The molecule has 1 aliphatic rings. The number of carbonyl (C=O) groups excluding carboxylic acids is 2. The number of fused-ring (bicyclic) bond motifs is 2. The summed E-state index contributed by atoms with van der Waals surface area (Å²) in [5, 5.41) is 11.1. The van der Waals surface area contributed by atoms with E-state index in [9.17, 15) is 19.7 Å². The smallest absolute Gasteiger partial charge is 0.325 e. The number of methoxy groups -OCH3 is 1. The Hall–Kier alpha value is -3.99. The molecule has 0 atom stereocenters. The van der Waals surface area contributed by atoms with E-state index in [-0.39, 0.29) is 23.8 Å². The van der Waals surface area contributed by atoms with Crippen LogP contribution in [0.1, 0.15) is 5.56 Å². The predicted molar refractivity (Wildman–Crippen MR) is 111 cm³/mol. The zero-order valence-corrected chi connectivity index (χ0v) is 17.0. The van der Waals surface area contributed by atoms with Crippen LogP contribution in [-0.2, 0) is 20.9 Å². The fourth-order valence-corrected chi connectivity index (χ4v) is 3.99. The number of non-ortho nitro benzene ring substituents is 1. The molecular weight excluding hydrogens is 426 g/mol. The maximum absolute atomic E-state index is 12.4. The molecule has 0 fully saturated rings. The number of amides is 1. The number of thiazole rings is 1. The summed E-state index contributed by atoms with van der Waals surface area (Å²) in [5.74, 6) is 0.130. The first-order valence-corrected chi connectivity index (χ1v) is 9.77. The highest BCUT2D eigenvalue weighted by Gasteiger charge is 2.15. The Bertz CT molecular complexity index is 1310. The van der Waals surface area contributed by atoms with Crippen molar-refractivity contribution in [2.24, 2.45) is 4.99 Å². The van der Waals surface area contributed by atoms with Gasteiger partial charge in [0.2, 0.25) is 6.79 Å². The van der Waals surface area contributed by atoms with Crippen molar-refractivity contribution in [1.82, 2.24) is 4.57 Å². The van der Waals surface area contributed by atoms with Gasteiger partial charge in [-0.15, -0.1) is 0 Å². The van der Waals surface area contributed by atoms with Gasteiger partial charge >= 0.3 is 5.97 Å². The number of carbonyl (C=O) groups is 2. The standard InChI is InChI=1S/C20H15N3O7S/c1-28-19(25)10-22-14-5-4-13(23(26)27)9-17(14)31-20(22)21-18(24)7-3-12-2-6-15-16(8-12)30-11-29-15/h2-9H,10-11H2,1H3. The summed E-state index contributed by atoms with van der Waals surface area (Å²) in [6.45, 7) is -0.0344. The monoisotopic (exact) mass is 441 g/mol. The van der Waals surface area contributed by atoms with Crippen molar-refractivity contribution in [3.63, 3.8) is 0 Å². The van der Waals surface area contributed by atoms with Crippen LogP contribution in [0.25, 0.3) is 16.3 Å². The van der Waals surface area contributed by atoms with Gasteiger partial charge in [-0.05, 0) is 29.8 Å². The minimum atomic E-state index is -0.558. The fraction of sp³-hybridized carbons (Fsp3) is 0.150. The maximum Gasteiger partial charge on any atom is 0.325 e. The van der Waals surface area contributed by atoms with Crippen molar-refractivity contribution in [2.75, 3.05) is 13.9 Å². The van der Waals surface area contributed by atoms with Crippen LogP contribution in [0.3, 0.4) is 0 Å². The van der Waals surface area contributed by atoms with Crippen LogP contribution >= 0.6 is 11.3 Å². The van der Waals surface area contributed by atoms with E-state index in [1.54, 1.807) is 24.3 Å². The van der Waals surface area contributed by atoms with Crippen LogP contribution in [0.15, 0.2) is 47.5 Å². The lowest BCUT2D eigenvalue weighted by atomic mass is 10.2. The van der Waals surface area contributed by atoms with E-state index in [1.165, 1.54) is 36.0 Å². The predicted octanol–water partition coefficient (Wildman–Crippen LogP) is 2.65. The zero-order valence-electron chi connectivity index (χ0n) is 16.1. The minimum Gasteiger partial charge on any atom is -0.468 e. The summed E-state index contributed by atoms with van der Waals surface area (Å²) in [4.78, 5) is 39.1. The molecule has 0 N–H and O–H groups in total. The van der Waals surface area contributed by atoms with E-state index in [1.807, 2.05) is 0 Å². The van der Waals surface area contributed by atoms with Crippen LogP contribution in [0.4, 0.5) is 5.69 Å². The molecule has 0 spiro atoms. The second kappa shape index (κ2) is 8.40. The largest absolute Gasteiger partial charge is 0.468 e. The van der Waals surface area contributed by atoms with Crippen LogP contribution in [0.5, 0.6) is 11.5 Å². The fourth-order valence-electron chi connectivity index (χ4n) is 2.92. The number of nitro benzene ring substituents is 1. The van der Waals surface area contributed by atoms with Crippen molar-refractivity contribution >= 4 is 45.2 Å². The van der Waals surface area contributed by atoms with E-state index in [0.29, 0.717) is 21.7 Å². The molecule has 31 heavy (non-hydrogen) atoms. The van der Waals surface area contributed by atoms with Crippen LogP contribution in [0.2, 0.25) is 0 Å². The Balaban J connectivity index is 1.69. The van der Waals surface area contributed by atoms with Crippen molar-refractivity contribution < 1.29 is 28.7 Å². The summed E-state index contributed by atoms with van der Waals surface area (Å²) in [6.07, 6.45) is 2.86. The van der Waals surface area contributed by atoms with Crippen LogP contribution < -0.4 is 14.3 Å². The molecule has 3 aromatic rings. The highest BCUT2D eigenvalue weighted by atomic mass is 32.1. The molecule has 4 rings (SSSR count). The topological polar surface area (TPSA) is 122 Å². The molecule has 0 bridgehead atoms. The number of hydrogen-bond acceptors (Lipinski definition) is 8. The third kappa shape index (κ3) is 4.31. The van der Waals surface area contributed by atoms with Gasteiger partial charge in [0.1, 0.15) is 6.54 Å². The molecule has 0 saturated carbocycles. The molecule has 1 amide bonds. The third-order valence-corrected chi connectivity index (χ3v) is 5.45. The number of benzene rings is 2. The Morgan fingerprint density at radius 2 is 2.06 bits per heavy atom. The second-order valence-corrected chi connectivity index (χ2v) is 7.36. The maximum atomic E-state index is 12.4. The molecule has 0 aliphatic carbocycles. The molecule has 1 aromatic heterocycles. The Labute approximate surface area is 178 Å². The number of ether oxygens (including phenoxy) is 3. The van der Waals surface area contributed by atoms with Gasteiger partial charge in [0.25, 0.3) is 11.6 Å². The SMILES string of the molecule is COC(=O)Cn1c(=NC(=O)C=Cc2ccc3c(c2)OCO3)sc2cc([N+](=O)[O-])ccc21. The average molecular weight is 441 g/mol. The quantitative estimate of drug-likeness (QED) is 0.258. The number of rotatable bonds is 5. The second-order valence-electron chi connectivity index (χ2n) is 6.35. The lowest BCUT2D eigenvalue weighted by molar-refractivity contribution is -0.384. The minimum absolute atomic E-state index is 0.0976. The van der Waals surface area contributed by atoms with Gasteiger partial charge in [0, 0.05) is 18.2 Å². The van der Waals surface area contributed by atoms with Gasteiger partial charge in [0.15, 0.2) is 16.3 Å². The summed E-state index contributed by atoms with van der Waals surface area (Å²) >= 11 is 1.07. The lowest BCUT2D eigenvalue weighted by Crippen LogP contribution is -2.22. The molecule has 2 aromatic carbocycles. The molecule has 1 aliphatic heterocycles. The van der Waals surface area contributed by atoms with Gasteiger partial charge in [-0.1, -0.05) is 17.4 Å². The van der Waals surface area contributed by atoms with E-state index in [2.05, 4.69) is 4.99 Å². The van der Waals surface area contributed by atoms with E-state index >= 15 is 0 Å². The number of nitrogens with zero attached hydrogens (tertiary/aromatic N) is 3. The van der Waals surface area contributed by atoms with Crippen LogP contribution in [0, 0.1) is 10.1 Å². The lowest BCUT2D eigenvalue weighted by Gasteiger charge is -2.03. The number of nitro groups is 1. The van der Waals surface area contributed by atoms with E-state index < -0.39 is 16.8 Å². The Kier molecular flexibility index (Phi) is 5.50. The highest BCUT2D eigenvalue weighted by Crippen LogP contribution is 2.32. The first kappa shape index (κ1) is 20.3. The number of hydrogen-bond donors (Lipinski definition) is 0. The molecule has 10 nitrogen and oxygen atoms in total. The summed E-state index contributed by atoms with van der Waals surface area (Å²) < 4.78 is 17.3. The molecule has 0 saturated heterocycles. The van der Waals surface area contributed by atoms with Crippen LogP contribution in [-0.4, -0.2) is 35.3 Å². The highest BCUT2D eigenvalue weighted by molar-refractivity contribution is 7.16. The molecular formula is C20H15N3O7S. The van der Waals surface area contributed by atoms with Gasteiger partial charge < -0.3 is 18.8 Å². The van der Waals surface area contributed by atoms with Gasteiger partial charge in [-0.2, -0.15) is 4.99 Å². The van der Waals surface area contributed by atoms with Gasteiger partial charge in [0.05, 0.1) is 22.2 Å². The number of aromatic nitrogens is 1.